The van der Waals surface area contributed by atoms with Gasteiger partial charge in [0.15, 0.2) is 0 Å². The van der Waals surface area contributed by atoms with Crippen molar-refractivity contribution in [3.63, 3.8) is 0 Å². The van der Waals surface area contributed by atoms with E-state index in [1.807, 2.05) is 48.5 Å². The SMILES string of the molecule is O=S(=O)(/C=C/c1ccccc1)NCCc1ccc(-c2ccoc2)s1. The van der Waals surface area contributed by atoms with Gasteiger partial charge in [-0.3, -0.25) is 0 Å². The van der Waals surface area contributed by atoms with Gasteiger partial charge in [0.1, 0.15) is 0 Å². The number of thiophene rings is 1. The van der Waals surface area contributed by atoms with E-state index in [4.69, 9.17) is 4.42 Å². The van der Waals surface area contributed by atoms with Crippen LogP contribution in [0.25, 0.3) is 16.5 Å². The average molecular weight is 359 g/mol. The van der Waals surface area contributed by atoms with Crippen LogP contribution in [0.2, 0.25) is 0 Å². The Hall–Kier alpha value is -2.15. The summed E-state index contributed by atoms with van der Waals surface area (Å²) in [7, 11) is -3.43. The van der Waals surface area contributed by atoms with E-state index in [1.165, 1.54) is 5.41 Å². The second kappa shape index (κ2) is 7.61. The summed E-state index contributed by atoms with van der Waals surface area (Å²) in [5.74, 6) is 0. The highest BCUT2D eigenvalue weighted by Crippen LogP contribution is 2.28. The molecule has 124 valence electrons. The van der Waals surface area contributed by atoms with Gasteiger partial charge in [-0.05, 0) is 36.3 Å². The first kappa shape index (κ1) is 16.7. The normalized spacial score (nSPS) is 12.0. The fraction of sp³-hybridized carbons (Fsp3) is 0.111. The number of hydrogen-bond donors (Lipinski definition) is 1. The Labute approximate surface area is 145 Å². The zero-order chi connectivity index (χ0) is 16.8. The molecule has 0 saturated carbocycles. The maximum absolute atomic E-state index is 12.0. The van der Waals surface area contributed by atoms with E-state index in [1.54, 1.807) is 29.9 Å². The van der Waals surface area contributed by atoms with E-state index in [9.17, 15) is 8.42 Å². The molecule has 0 spiro atoms. The maximum Gasteiger partial charge on any atom is 0.233 e. The molecular weight excluding hydrogens is 342 g/mol. The molecule has 0 bridgehead atoms. The summed E-state index contributed by atoms with van der Waals surface area (Å²) in [6, 6.07) is 15.3. The van der Waals surface area contributed by atoms with E-state index < -0.39 is 10.0 Å². The van der Waals surface area contributed by atoms with Crippen LogP contribution in [0, 0.1) is 0 Å². The number of benzene rings is 1. The van der Waals surface area contributed by atoms with Crippen molar-refractivity contribution in [3.8, 4) is 10.4 Å². The van der Waals surface area contributed by atoms with Gasteiger partial charge in [0.25, 0.3) is 0 Å². The Bertz CT molecular complexity index is 895. The third-order valence-electron chi connectivity index (χ3n) is 3.38. The second-order valence-corrected chi connectivity index (χ2v) is 8.00. The Morgan fingerprint density at radius 1 is 1.08 bits per heavy atom. The van der Waals surface area contributed by atoms with Crippen LogP contribution in [-0.4, -0.2) is 15.0 Å². The summed E-state index contributed by atoms with van der Waals surface area (Å²) in [6.45, 7) is 0.368. The van der Waals surface area contributed by atoms with E-state index >= 15 is 0 Å². The lowest BCUT2D eigenvalue weighted by Gasteiger charge is -2.01. The van der Waals surface area contributed by atoms with Gasteiger partial charge in [0, 0.05) is 27.3 Å². The second-order valence-electron chi connectivity index (χ2n) is 5.18. The minimum Gasteiger partial charge on any atom is -0.472 e. The van der Waals surface area contributed by atoms with Crippen molar-refractivity contribution >= 4 is 27.4 Å². The third kappa shape index (κ3) is 4.67. The number of hydrogen-bond acceptors (Lipinski definition) is 4. The van der Waals surface area contributed by atoms with Crippen LogP contribution in [0.1, 0.15) is 10.4 Å². The van der Waals surface area contributed by atoms with Crippen molar-refractivity contribution in [2.24, 2.45) is 0 Å². The minimum atomic E-state index is -3.43. The first-order valence-corrected chi connectivity index (χ1v) is 9.83. The molecular formula is C18H17NO3S2. The van der Waals surface area contributed by atoms with Crippen LogP contribution >= 0.6 is 11.3 Å². The Balaban J connectivity index is 1.53. The topological polar surface area (TPSA) is 59.3 Å². The van der Waals surface area contributed by atoms with Gasteiger partial charge in [-0.1, -0.05) is 30.3 Å². The lowest BCUT2D eigenvalue weighted by Crippen LogP contribution is -2.23. The molecule has 0 unspecified atom stereocenters. The van der Waals surface area contributed by atoms with Crippen molar-refractivity contribution < 1.29 is 12.8 Å². The van der Waals surface area contributed by atoms with Crippen LogP contribution in [-0.2, 0) is 16.4 Å². The van der Waals surface area contributed by atoms with Crippen LogP contribution < -0.4 is 4.72 Å². The fourth-order valence-corrected chi connectivity index (χ4v) is 3.98. The highest BCUT2D eigenvalue weighted by atomic mass is 32.2. The molecule has 3 aromatic rings. The molecule has 24 heavy (non-hydrogen) atoms. The molecule has 1 aromatic carbocycles. The molecule has 0 amide bonds. The molecule has 0 aliphatic rings. The molecule has 2 aromatic heterocycles. The summed E-state index contributed by atoms with van der Waals surface area (Å²) >= 11 is 1.64. The van der Waals surface area contributed by atoms with Gasteiger partial charge in [0.2, 0.25) is 10.0 Å². The quantitative estimate of drug-likeness (QED) is 0.690. The van der Waals surface area contributed by atoms with Crippen molar-refractivity contribution in [2.75, 3.05) is 6.54 Å². The van der Waals surface area contributed by atoms with Gasteiger partial charge in [0.05, 0.1) is 12.5 Å². The van der Waals surface area contributed by atoms with Crippen LogP contribution in [0.4, 0.5) is 0 Å². The van der Waals surface area contributed by atoms with Crippen molar-refractivity contribution in [1.82, 2.24) is 4.72 Å². The number of sulfonamides is 1. The molecule has 0 aliphatic heterocycles. The average Bonchev–Trinajstić information content (AvgIpc) is 3.25. The smallest absolute Gasteiger partial charge is 0.233 e. The summed E-state index contributed by atoms with van der Waals surface area (Å²) in [5, 5.41) is 1.20. The predicted molar refractivity (Wildman–Crippen MR) is 98.1 cm³/mol. The third-order valence-corrected chi connectivity index (χ3v) is 5.68. The molecule has 0 aliphatic carbocycles. The zero-order valence-corrected chi connectivity index (χ0v) is 14.5. The molecule has 0 fully saturated rings. The lowest BCUT2D eigenvalue weighted by molar-refractivity contribution is 0.568. The van der Waals surface area contributed by atoms with Gasteiger partial charge in [-0.15, -0.1) is 11.3 Å². The van der Waals surface area contributed by atoms with Crippen LogP contribution in [0.15, 0.2) is 70.9 Å². The zero-order valence-electron chi connectivity index (χ0n) is 12.9. The molecule has 3 rings (SSSR count). The Kier molecular flexibility index (Phi) is 5.30. The summed E-state index contributed by atoms with van der Waals surface area (Å²) in [6.07, 6.45) is 5.58. The maximum atomic E-state index is 12.0. The van der Waals surface area contributed by atoms with E-state index in [2.05, 4.69) is 4.72 Å². The summed E-state index contributed by atoms with van der Waals surface area (Å²) < 4.78 is 31.6. The monoisotopic (exact) mass is 359 g/mol. The molecule has 0 atom stereocenters. The first-order valence-electron chi connectivity index (χ1n) is 7.46. The van der Waals surface area contributed by atoms with E-state index in [0.29, 0.717) is 13.0 Å². The van der Waals surface area contributed by atoms with Crippen molar-refractivity contribution in [1.29, 1.82) is 0 Å². The molecule has 2 heterocycles. The highest BCUT2D eigenvalue weighted by Gasteiger charge is 2.07. The Morgan fingerprint density at radius 3 is 2.67 bits per heavy atom. The number of rotatable bonds is 7. The van der Waals surface area contributed by atoms with Crippen molar-refractivity contribution in [3.05, 3.63) is 76.9 Å². The number of furan rings is 1. The first-order chi connectivity index (χ1) is 11.6. The van der Waals surface area contributed by atoms with Gasteiger partial charge in [-0.2, -0.15) is 0 Å². The molecule has 4 nitrogen and oxygen atoms in total. The molecule has 0 saturated heterocycles. The minimum absolute atomic E-state index is 0.368. The molecule has 1 N–H and O–H groups in total. The Morgan fingerprint density at radius 2 is 1.92 bits per heavy atom. The van der Waals surface area contributed by atoms with Gasteiger partial charge >= 0.3 is 0 Å². The highest BCUT2D eigenvalue weighted by molar-refractivity contribution is 7.92. The molecule has 6 heteroatoms. The number of nitrogens with one attached hydrogen (secondary N) is 1. The van der Waals surface area contributed by atoms with Gasteiger partial charge < -0.3 is 4.42 Å². The van der Waals surface area contributed by atoms with E-state index in [-0.39, 0.29) is 0 Å². The summed E-state index contributed by atoms with van der Waals surface area (Å²) in [4.78, 5) is 2.24. The van der Waals surface area contributed by atoms with Crippen LogP contribution in [0.3, 0.4) is 0 Å². The largest absolute Gasteiger partial charge is 0.472 e. The summed E-state index contributed by atoms with van der Waals surface area (Å²) in [5.41, 5.74) is 1.89. The van der Waals surface area contributed by atoms with Crippen LogP contribution in [0.5, 0.6) is 0 Å². The van der Waals surface area contributed by atoms with E-state index in [0.717, 1.165) is 20.9 Å². The fourth-order valence-electron chi connectivity index (χ4n) is 2.17. The molecule has 0 radical (unpaired) electrons. The lowest BCUT2D eigenvalue weighted by atomic mass is 10.2. The van der Waals surface area contributed by atoms with Crippen molar-refractivity contribution in [2.45, 2.75) is 6.42 Å². The van der Waals surface area contributed by atoms with Gasteiger partial charge in [-0.25, -0.2) is 13.1 Å². The standard InChI is InChI=1S/C18H17NO3S2/c20-24(21,13-10-15-4-2-1-3-5-15)19-11-8-17-6-7-18(23-17)16-9-12-22-14-16/h1-7,9-10,12-14,19H,8,11H2/b13-10+. The predicted octanol–water partition coefficient (Wildman–Crippen LogP) is 4.14.